The molecule has 4 nitrogen and oxygen atoms in total. The highest BCUT2D eigenvalue weighted by Crippen LogP contribution is 2.14. The Balaban J connectivity index is 2.62. The molecule has 1 rings (SSSR count). The van der Waals surface area contributed by atoms with Crippen LogP contribution in [0.25, 0.3) is 0 Å². The van der Waals surface area contributed by atoms with E-state index in [1.165, 1.54) is 12.8 Å². The summed E-state index contributed by atoms with van der Waals surface area (Å²) in [5, 5.41) is 0. The number of nitrogens with two attached hydrogens (primary N) is 1. The Kier molecular flexibility index (Phi) is 5.49. The summed E-state index contributed by atoms with van der Waals surface area (Å²) in [4.78, 5) is 4.38. The van der Waals surface area contributed by atoms with Gasteiger partial charge < -0.3 is 4.57 Å². The van der Waals surface area contributed by atoms with Crippen LogP contribution in [0.4, 0.5) is 0 Å². The number of aromatic nitrogens is 2. The van der Waals surface area contributed by atoms with Gasteiger partial charge in [-0.1, -0.05) is 20.3 Å². The predicted molar refractivity (Wildman–Crippen MR) is 66.8 cm³/mol. The molecule has 0 aliphatic heterocycles. The molecule has 0 aliphatic carbocycles. The third kappa shape index (κ3) is 3.32. The zero-order valence-corrected chi connectivity index (χ0v) is 10.6. The van der Waals surface area contributed by atoms with Gasteiger partial charge in [-0.25, -0.2) is 4.98 Å². The summed E-state index contributed by atoms with van der Waals surface area (Å²) in [6.45, 7) is 7.55. The van der Waals surface area contributed by atoms with E-state index in [0.717, 1.165) is 18.8 Å². The van der Waals surface area contributed by atoms with E-state index in [1.807, 2.05) is 12.4 Å². The van der Waals surface area contributed by atoms with Crippen LogP contribution in [0.1, 0.15) is 39.4 Å². The smallest absolute Gasteiger partial charge is 0.110 e. The van der Waals surface area contributed by atoms with Gasteiger partial charge in [-0.3, -0.25) is 11.3 Å². The number of hydrogen-bond acceptors (Lipinski definition) is 3. The van der Waals surface area contributed by atoms with Crippen molar-refractivity contribution in [1.29, 1.82) is 0 Å². The lowest BCUT2D eigenvalue weighted by atomic mass is 9.94. The van der Waals surface area contributed by atoms with Gasteiger partial charge in [0.15, 0.2) is 0 Å². The third-order valence-electron chi connectivity index (χ3n) is 3.19. The van der Waals surface area contributed by atoms with Gasteiger partial charge >= 0.3 is 0 Å². The van der Waals surface area contributed by atoms with Crippen molar-refractivity contribution in [1.82, 2.24) is 15.0 Å². The molecule has 4 heteroatoms. The van der Waals surface area contributed by atoms with Gasteiger partial charge in [0.1, 0.15) is 5.82 Å². The molecule has 0 spiro atoms. The normalized spacial score (nSPS) is 15.0. The van der Waals surface area contributed by atoms with Crippen molar-refractivity contribution in [2.24, 2.45) is 11.8 Å². The third-order valence-corrected chi connectivity index (χ3v) is 3.19. The number of aryl methyl sites for hydroxylation is 1. The first-order valence-electron chi connectivity index (χ1n) is 6.19. The van der Waals surface area contributed by atoms with Crippen LogP contribution < -0.4 is 11.3 Å². The topological polar surface area (TPSA) is 55.9 Å². The Morgan fingerprint density at radius 3 is 2.81 bits per heavy atom. The lowest BCUT2D eigenvalue weighted by Gasteiger charge is -2.22. The van der Waals surface area contributed by atoms with E-state index in [0.29, 0.717) is 12.0 Å². The van der Waals surface area contributed by atoms with E-state index in [9.17, 15) is 0 Å². The van der Waals surface area contributed by atoms with E-state index >= 15 is 0 Å². The van der Waals surface area contributed by atoms with Gasteiger partial charge in [0.25, 0.3) is 0 Å². The lowest BCUT2D eigenvalue weighted by molar-refractivity contribution is 0.349. The molecular weight excluding hydrogens is 200 g/mol. The molecule has 0 bridgehead atoms. The Bertz CT molecular complexity index is 295. The second-order valence-corrected chi connectivity index (χ2v) is 4.37. The number of hydrogen-bond donors (Lipinski definition) is 2. The van der Waals surface area contributed by atoms with E-state index in [1.54, 1.807) is 0 Å². The van der Waals surface area contributed by atoms with Crippen molar-refractivity contribution in [3.05, 3.63) is 18.2 Å². The number of rotatable bonds is 7. The molecule has 0 aliphatic rings. The van der Waals surface area contributed by atoms with Crippen LogP contribution in [-0.2, 0) is 13.0 Å². The van der Waals surface area contributed by atoms with E-state index in [4.69, 9.17) is 5.84 Å². The average molecular weight is 224 g/mol. The number of hydrazine groups is 1. The van der Waals surface area contributed by atoms with Crippen LogP contribution in [0.3, 0.4) is 0 Å². The van der Waals surface area contributed by atoms with Gasteiger partial charge in [-0.05, 0) is 19.3 Å². The van der Waals surface area contributed by atoms with Crippen molar-refractivity contribution >= 4 is 0 Å². The highest BCUT2D eigenvalue weighted by Gasteiger charge is 2.17. The van der Waals surface area contributed by atoms with Crippen LogP contribution in [0.15, 0.2) is 12.4 Å². The highest BCUT2D eigenvalue weighted by atomic mass is 15.2. The molecule has 2 atom stereocenters. The molecule has 2 unspecified atom stereocenters. The molecule has 0 aromatic carbocycles. The summed E-state index contributed by atoms with van der Waals surface area (Å²) in [5.74, 6) is 7.32. The second-order valence-electron chi connectivity index (χ2n) is 4.37. The van der Waals surface area contributed by atoms with E-state index < -0.39 is 0 Å². The first-order valence-corrected chi connectivity index (χ1v) is 6.19. The molecule has 1 aromatic rings. The lowest BCUT2D eigenvalue weighted by Crippen LogP contribution is -2.42. The fourth-order valence-electron chi connectivity index (χ4n) is 2.10. The maximum Gasteiger partial charge on any atom is 0.110 e. The standard InChI is InChI=1S/C12H24N4/c1-4-6-10(3)11(15-13)9-12-14-7-8-16(12)5-2/h7-8,10-11,15H,4-6,9,13H2,1-3H3. The van der Waals surface area contributed by atoms with Crippen molar-refractivity contribution in [2.75, 3.05) is 0 Å². The van der Waals surface area contributed by atoms with E-state index in [2.05, 4.69) is 35.7 Å². The summed E-state index contributed by atoms with van der Waals surface area (Å²) in [7, 11) is 0. The van der Waals surface area contributed by atoms with Crippen molar-refractivity contribution in [3.8, 4) is 0 Å². The Labute approximate surface area is 98.2 Å². The van der Waals surface area contributed by atoms with Crippen LogP contribution in [0, 0.1) is 5.92 Å². The Morgan fingerprint density at radius 1 is 1.50 bits per heavy atom. The fourth-order valence-corrected chi connectivity index (χ4v) is 2.10. The van der Waals surface area contributed by atoms with E-state index in [-0.39, 0.29) is 0 Å². The molecule has 0 amide bonds. The second kappa shape index (κ2) is 6.66. The van der Waals surface area contributed by atoms with Crippen LogP contribution >= 0.6 is 0 Å². The van der Waals surface area contributed by atoms with Crippen LogP contribution in [0.2, 0.25) is 0 Å². The molecule has 1 heterocycles. The maximum atomic E-state index is 5.63. The highest BCUT2D eigenvalue weighted by molar-refractivity contribution is 4.96. The Hall–Kier alpha value is -0.870. The fraction of sp³-hybridized carbons (Fsp3) is 0.750. The molecular formula is C12H24N4. The quantitative estimate of drug-likeness (QED) is 0.547. The average Bonchev–Trinajstić information content (AvgIpc) is 2.73. The van der Waals surface area contributed by atoms with Gasteiger partial charge in [-0.15, -0.1) is 0 Å². The largest absolute Gasteiger partial charge is 0.335 e. The van der Waals surface area contributed by atoms with Crippen LogP contribution in [0.5, 0.6) is 0 Å². The summed E-state index contributed by atoms with van der Waals surface area (Å²) < 4.78 is 2.17. The first-order chi connectivity index (χ1) is 7.72. The molecule has 1 aromatic heterocycles. The minimum atomic E-state index is 0.313. The predicted octanol–water partition coefficient (Wildman–Crippen LogP) is 1.71. The summed E-state index contributed by atoms with van der Waals surface area (Å²) in [5.41, 5.74) is 2.92. The Morgan fingerprint density at radius 2 is 2.25 bits per heavy atom. The summed E-state index contributed by atoms with van der Waals surface area (Å²) in [6.07, 6.45) is 7.17. The zero-order chi connectivity index (χ0) is 12.0. The molecule has 0 saturated heterocycles. The monoisotopic (exact) mass is 224 g/mol. The SMILES string of the molecule is CCCC(C)C(Cc1nccn1CC)NN. The number of nitrogens with zero attached hydrogens (tertiary/aromatic N) is 2. The van der Waals surface area contributed by atoms with Gasteiger partial charge in [0.05, 0.1) is 0 Å². The first kappa shape index (κ1) is 13.2. The summed E-state index contributed by atoms with van der Waals surface area (Å²) in [6, 6.07) is 0.313. The molecule has 0 fully saturated rings. The number of imidazole rings is 1. The van der Waals surface area contributed by atoms with Gasteiger partial charge in [0, 0.05) is 31.4 Å². The summed E-state index contributed by atoms with van der Waals surface area (Å²) >= 11 is 0. The molecule has 92 valence electrons. The van der Waals surface area contributed by atoms with Crippen molar-refractivity contribution < 1.29 is 0 Å². The maximum absolute atomic E-state index is 5.63. The minimum absolute atomic E-state index is 0.313. The minimum Gasteiger partial charge on any atom is -0.335 e. The van der Waals surface area contributed by atoms with Crippen molar-refractivity contribution in [3.63, 3.8) is 0 Å². The van der Waals surface area contributed by atoms with Gasteiger partial charge in [-0.2, -0.15) is 0 Å². The molecule has 16 heavy (non-hydrogen) atoms. The molecule has 3 N–H and O–H groups in total. The zero-order valence-electron chi connectivity index (χ0n) is 10.6. The molecule has 0 saturated carbocycles. The van der Waals surface area contributed by atoms with Crippen LogP contribution in [-0.4, -0.2) is 15.6 Å². The molecule has 0 radical (unpaired) electrons. The number of nitrogens with one attached hydrogen (secondary N) is 1. The van der Waals surface area contributed by atoms with Crippen molar-refractivity contribution in [2.45, 2.75) is 52.6 Å². The van der Waals surface area contributed by atoms with Gasteiger partial charge in [0.2, 0.25) is 0 Å².